The van der Waals surface area contributed by atoms with E-state index in [2.05, 4.69) is 11.1 Å². The number of nitrogens with zero attached hydrogens (tertiary/aromatic N) is 2. The van der Waals surface area contributed by atoms with Gasteiger partial charge in [-0.15, -0.1) is 0 Å². The van der Waals surface area contributed by atoms with E-state index < -0.39 is 5.60 Å². The van der Waals surface area contributed by atoms with Crippen LogP contribution in [0.2, 0.25) is 10.0 Å². The van der Waals surface area contributed by atoms with Crippen LogP contribution in [-0.4, -0.2) is 34.7 Å². The van der Waals surface area contributed by atoms with E-state index in [-0.39, 0.29) is 6.09 Å². The first-order valence-electron chi connectivity index (χ1n) is 10.2. The van der Waals surface area contributed by atoms with Crippen LogP contribution in [0.15, 0.2) is 36.5 Å². The summed E-state index contributed by atoms with van der Waals surface area (Å²) in [6, 6.07) is 9.28. The predicted octanol–water partition coefficient (Wildman–Crippen LogP) is 6.16. The summed E-state index contributed by atoms with van der Waals surface area (Å²) in [5, 5.41) is 1.06. The normalized spacial score (nSPS) is 15.2. The second kappa shape index (κ2) is 9.88. The summed E-state index contributed by atoms with van der Waals surface area (Å²) in [5.74, 6) is 1.12. The lowest BCUT2D eigenvalue weighted by molar-refractivity contribution is 0.0184. The largest absolute Gasteiger partial charge is 0.486 e. The first kappa shape index (κ1) is 22.7. The summed E-state index contributed by atoms with van der Waals surface area (Å²) in [7, 11) is 0. The van der Waals surface area contributed by atoms with Gasteiger partial charge in [-0.25, -0.2) is 4.79 Å². The van der Waals surface area contributed by atoms with E-state index in [1.165, 1.54) is 5.56 Å². The Kier molecular flexibility index (Phi) is 7.48. The SMILES string of the molecule is CC(C)(C)OC(=O)N1CCC(Cc2ccnc(COc3ccc(Cl)cc3Cl)c2)CC1. The molecule has 1 amide bonds. The van der Waals surface area contributed by atoms with Gasteiger partial charge in [0.2, 0.25) is 0 Å². The van der Waals surface area contributed by atoms with Crippen molar-refractivity contribution >= 4 is 29.3 Å². The van der Waals surface area contributed by atoms with Crippen LogP contribution in [0, 0.1) is 5.92 Å². The average Bonchev–Trinajstić information content (AvgIpc) is 2.67. The van der Waals surface area contributed by atoms with E-state index >= 15 is 0 Å². The highest BCUT2D eigenvalue weighted by atomic mass is 35.5. The van der Waals surface area contributed by atoms with Gasteiger partial charge in [-0.1, -0.05) is 23.2 Å². The van der Waals surface area contributed by atoms with Crippen molar-refractivity contribution in [2.75, 3.05) is 13.1 Å². The van der Waals surface area contributed by atoms with Crippen LogP contribution in [0.4, 0.5) is 4.79 Å². The summed E-state index contributed by atoms with van der Waals surface area (Å²) in [6.45, 7) is 7.48. The molecule has 0 bridgehead atoms. The molecule has 3 rings (SSSR count). The van der Waals surface area contributed by atoms with E-state index in [4.69, 9.17) is 32.7 Å². The van der Waals surface area contributed by atoms with Crippen molar-refractivity contribution in [2.24, 2.45) is 5.92 Å². The molecule has 0 saturated carbocycles. The quantitative estimate of drug-likeness (QED) is 0.547. The van der Waals surface area contributed by atoms with Crippen LogP contribution < -0.4 is 4.74 Å². The average molecular weight is 451 g/mol. The van der Waals surface area contributed by atoms with Gasteiger partial charge in [0.25, 0.3) is 0 Å². The molecular weight excluding hydrogens is 423 g/mol. The molecule has 1 aromatic carbocycles. The third-order valence-corrected chi connectivity index (χ3v) is 5.47. The number of ether oxygens (including phenoxy) is 2. The maximum atomic E-state index is 12.2. The summed E-state index contributed by atoms with van der Waals surface area (Å²) < 4.78 is 11.3. The molecular formula is C23H28Cl2N2O3. The van der Waals surface area contributed by atoms with Crippen molar-refractivity contribution in [3.8, 4) is 5.75 Å². The highest BCUT2D eigenvalue weighted by Gasteiger charge is 2.26. The van der Waals surface area contributed by atoms with Gasteiger partial charge in [-0.3, -0.25) is 4.98 Å². The minimum Gasteiger partial charge on any atom is -0.486 e. The third-order valence-electron chi connectivity index (χ3n) is 4.94. The van der Waals surface area contributed by atoms with Crippen molar-refractivity contribution in [1.29, 1.82) is 0 Å². The van der Waals surface area contributed by atoms with Gasteiger partial charge in [0.1, 0.15) is 18.0 Å². The first-order valence-corrected chi connectivity index (χ1v) is 10.9. The number of rotatable bonds is 5. The lowest BCUT2D eigenvalue weighted by atomic mass is 9.90. The zero-order valence-electron chi connectivity index (χ0n) is 17.7. The Hall–Kier alpha value is -1.98. The molecule has 1 aliphatic heterocycles. The van der Waals surface area contributed by atoms with Gasteiger partial charge in [0, 0.05) is 24.3 Å². The molecule has 5 nitrogen and oxygen atoms in total. The molecule has 1 saturated heterocycles. The monoisotopic (exact) mass is 450 g/mol. The zero-order chi connectivity index (χ0) is 21.7. The van der Waals surface area contributed by atoms with Crippen LogP contribution in [0.5, 0.6) is 5.75 Å². The molecule has 0 spiro atoms. The van der Waals surface area contributed by atoms with Crippen LogP contribution in [0.3, 0.4) is 0 Å². The Morgan fingerprint density at radius 3 is 2.57 bits per heavy atom. The third kappa shape index (κ3) is 6.78. The number of piperidine rings is 1. The molecule has 1 aliphatic rings. The Morgan fingerprint density at radius 2 is 1.90 bits per heavy atom. The Bertz CT molecular complexity index is 875. The number of benzene rings is 1. The fourth-order valence-corrected chi connectivity index (χ4v) is 3.92. The molecule has 0 radical (unpaired) electrons. The number of carbonyl (C=O) groups is 1. The second-order valence-electron chi connectivity index (χ2n) is 8.63. The van der Waals surface area contributed by atoms with Crippen LogP contribution in [-0.2, 0) is 17.8 Å². The molecule has 2 aromatic rings. The van der Waals surface area contributed by atoms with E-state index in [1.807, 2.05) is 37.9 Å². The molecule has 0 aliphatic carbocycles. The molecule has 7 heteroatoms. The highest BCUT2D eigenvalue weighted by Crippen LogP contribution is 2.28. The first-order chi connectivity index (χ1) is 14.2. The highest BCUT2D eigenvalue weighted by molar-refractivity contribution is 6.35. The molecule has 30 heavy (non-hydrogen) atoms. The van der Waals surface area contributed by atoms with Crippen molar-refractivity contribution < 1.29 is 14.3 Å². The fraction of sp³-hybridized carbons (Fsp3) is 0.478. The van der Waals surface area contributed by atoms with Crippen LogP contribution in [0.25, 0.3) is 0 Å². The number of pyridine rings is 1. The minimum atomic E-state index is -0.459. The van der Waals surface area contributed by atoms with Gasteiger partial charge in [0.05, 0.1) is 10.7 Å². The number of carbonyl (C=O) groups excluding carboxylic acids is 1. The predicted molar refractivity (Wildman–Crippen MR) is 119 cm³/mol. The Morgan fingerprint density at radius 1 is 1.17 bits per heavy atom. The van der Waals surface area contributed by atoms with E-state index in [9.17, 15) is 4.79 Å². The van der Waals surface area contributed by atoms with E-state index in [0.29, 0.717) is 28.3 Å². The molecule has 0 atom stereocenters. The number of halogens is 2. The van der Waals surface area contributed by atoms with E-state index in [1.54, 1.807) is 18.2 Å². The summed E-state index contributed by atoms with van der Waals surface area (Å²) >= 11 is 12.1. The minimum absolute atomic E-state index is 0.217. The second-order valence-corrected chi connectivity index (χ2v) is 9.48. The van der Waals surface area contributed by atoms with Crippen molar-refractivity contribution in [3.05, 3.63) is 57.8 Å². The number of hydrogen-bond acceptors (Lipinski definition) is 4. The number of hydrogen-bond donors (Lipinski definition) is 0. The zero-order valence-corrected chi connectivity index (χ0v) is 19.2. The van der Waals surface area contributed by atoms with Crippen molar-refractivity contribution in [3.63, 3.8) is 0 Å². The lowest BCUT2D eigenvalue weighted by Gasteiger charge is -2.33. The van der Waals surface area contributed by atoms with Crippen LogP contribution in [0.1, 0.15) is 44.9 Å². The number of amides is 1. The lowest BCUT2D eigenvalue weighted by Crippen LogP contribution is -2.42. The number of likely N-dealkylation sites (tertiary alicyclic amines) is 1. The van der Waals surface area contributed by atoms with Crippen molar-refractivity contribution in [1.82, 2.24) is 9.88 Å². The smallest absolute Gasteiger partial charge is 0.410 e. The van der Waals surface area contributed by atoms with Gasteiger partial charge in [-0.05, 0) is 81.8 Å². The topological polar surface area (TPSA) is 51.7 Å². The standard InChI is InChI=1S/C23H28Cl2N2O3/c1-23(2,3)30-22(28)27-10-7-16(8-11-27)12-17-6-9-26-19(13-17)15-29-21-5-4-18(24)14-20(21)25/h4-6,9,13-14,16H,7-8,10-12,15H2,1-3H3. The maximum Gasteiger partial charge on any atom is 0.410 e. The van der Waals surface area contributed by atoms with Gasteiger partial charge in [0.15, 0.2) is 0 Å². The van der Waals surface area contributed by atoms with Crippen molar-refractivity contribution in [2.45, 2.75) is 52.2 Å². The van der Waals surface area contributed by atoms with Crippen LogP contribution >= 0.6 is 23.2 Å². The Labute approximate surface area is 188 Å². The number of aromatic nitrogens is 1. The maximum absolute atomic E-state index is 12.2. The fourth-order valence-electron chi connectivity index (χ4n) is 3.46. The molecule has 0 unspecified atom stereocenters. The summed E-state index contributed by atoms with van der Waals surface area (Å²) in [6.07, 6.45) is 4.49. The molecule has 1 fully saturated rings. The molecule has 1 aromatic heterocycles. The Balaban J connectivity index is 1.50. The molecule has 162 valence electrons. The summed E-state index contributed by atoms with van der Waals surface area (Å²) in [5.41, 5.74) is 1.62. The van der Waals surface area contributed by atoms with Gasteiger partial charge in [-0.2, -0.15) is 0 Å². The van der Waals surface area contributed by atoms with E-state index in [0.717, 1.165) is 38.0 Å². The molecule has 2 heterocycles. The van der Waals surface area contributed by atoms with Gasteiger partial charge >= 0.3 is 6.09 Å². The summed E-state index contributed by atoms with van der Waals surface area (Å²) in [4.78, 5) is 18.4. The molecule has 0 N–H and O–H groups in total. The van der Waals surface area contributed by atoms with Gasteiger partial charge < -0.3 is 14.4 Å².